The summed E-state index contributed by atoms with van der Waals surface area (Å²) in [5.41, 5.74) is -0.259. The molecule has 0 saturated carbocycles. The summed E-state index contributed by atoms with van der Waals surface area (Å²) in [6.45, 7) is 1.17. The zero-order chi connectivity index (χ0) is 14.7. The van der Waals surface area contributed by atoms with Gasteiger partial charge in [0.15, 0.2) is 0 Å². The van der Waals surface area contributed by atoms with E-state index in [2.05, 4.69) is 5.32 Å². The Morgan fingerprint density at radius 1 is 1.52 bits per heavy atom. The lowest BCUT2D eigenvalue weighted by atomic mass is 10.0. The molecule has 21 heavy (non-hydrogen) atoms. The van der Waals surface area contributed by atoms with Gasteiger partial charge in [-0.25, -0.2) is 0 Å². The van der Waals surface area contributed by atoms with Gasteiger partial charge in [-0.3, -0.25) is 14.9 Å². The maximum Gasteiger partial charge on any atom is 0.300 e. The monoisotopic (exact) mass is 333 g/mol. The predicted octanol–water partition coefficient (Wildman–Crippen LogP) is 2.49. The molecule has 1 saturated heterocycles. The van der Waals surface area contributed by atoms with Gasteiger partial charge in [-0.15, -0.1) is 12.4 Å². The fourth-order valence-electron chi connectivity index (χ4n) is 2.44. The van der Waals surface area contributed by atoms with Crippen LogP contribution in [-0.2, 0) is 0 Å². The van der Waals surface area contributed by atoms with Crippen LogP contribution >= 0.6 is 24.0 Å². The molecule has 1 N–H and O–H groups in total. The topological polar surface area (TPSA) is 75.5 Å². The molecule has 1 aromatic carbocycles. The van der Waals surface area contributed by atoms with Gasteiger partial charge in [0.1, 0.15) is 10.6 Å². The van der Waals surface area contributed by atoms with E-state index in [-0.39, 0.29) is 40.6 Å². The number of nitrogens with zero attached hydrogens (tertiary/aromatic N) is 2. The quantitative estimate of drug-likeness (QED) is 0.681. The third-order valence-electron chi connectivity index (χ3n) is 3.52. The number of carbonyl (C=O) groups is 1. The van der Waals surface area contributed by atoms with Crippen LogP contribution in [0.5, 0.6) is 0 Å². The Bertz CT molecular complexity index is 539. The summed E-state index contributed by atoms with van der Waals surface area (Å²) in [5.74, 6) is -0.334. The van der Waals surface area contributed by atoms with Crippen LogP contribution in [-0.4, -0.2) is 41.9 Å². The van der Waals surface area contributed by atoms with E-state index in [1.54, 1.807) is 11.0 Å². The standard InChI is InChI=1S/C13H16ClN3O3.ClH/c1-15-9-4-3-7-16(8-9)13(18)10-5-2-6-11(14)12(10)17(19)20;/h2,5-6,9,15H,3-4,7-8H2,1H3;1H. The molecule has 1 aromatic rings. The average molecular weight is 334 g/mol. The number of benzene rings is 1. The van der Waals surface area contributed by atoms with Gasteiger partial charge in [-0.1, -0.05) is 17.7 Å². The first-order chi connectivity index (χ1) is 9.54. The lowest BCUT2D eigenvalue weighted by Gasteiger charge is -2.32. The Labute approximate surface area is 134 Å². The number of hydrogen-bond acceptors (Lipinski definition) is 4. The highest BCUT2D eigenvalue weighted by Gasteiger charge is 2.29. The molecular formula is C13H17Cl2N3O3. The highest BCUT2D eigenvalue weighted by Crippen LogP contribution is 2.29. The van der Waals surface area contributed by atoms with Crippen molar-refractivity contribution >= 4 is 35.6 Å². The Hall–Kier alpha value is -1.37. The molecular weight excluding hydrogens is 317 g/mol. The van der Waals surface area contributed by atoms with Crippen molar-refractivity contribution in [3.8, 4) is 0 Å². The zero-order valence-corrected chi connectivity index (χ0v) is 13.1. The summed E-state index contributed by atoms with van der Waals surface area (Å²) in [6, 6.07) is 4.66. The summed E-state index contributed by atoms with van der Waals surface area (Å²) in [7, 11) is 1.85. The number of halogens is 2. The second-order valence-electron chi connectivity index (χ2n) is 4.77. The number of likely N-dealkylation sites (tertiary alicyclic amines) is 1. The van der Waals surface area contributed by atoms with E-state index in [0.717, 1.165) is 12.8 Å². The molecule has 8 heteroatoms. The van der Waals surface area contributed by atoms with Crippen molar-refractivity contribution < 1.29 is 9.72 Å². The van der Waals surface area contributed by atoms with Crippen LogP contribution in [0, 0.1) is 10.1 Å². The summed E-state index contributed by atoms with van der Waals surface area (Å²) in [6.07, 6.45) is 1.88. The largest absolute Gasteiger partial charge is 0.337 e. The number of nitro groups is 1. The van der Waals surface area contributed by atoms with E-state index >= 15 is 0 Å². The molecule has 1 atom stereocenters. The number of hydrogen-bond donors (Lipinski definition) is 1. The van der Waals surface area contributed by atoms with Crippen LogP contribution in [0.1, 0.15) is 23.2 Å². The van der Waals surface area contributed by atoms with Crippen molar-refractivity contribution in [3.05, 3.63) is 38.9 Å². The van der Waals surface area contributed by atoms with Crippen molar-refractivity contribution in [2.24, 2.45) is 0 Å². The molecule has 1 amide bonds. The van der Waals surface area contributed by atoms with Crippen LogP contribution in [0.25, 0.3) is 0 Å². The lowest BCUT2D eigenvalue weighted by molar-refractivity contribution is -0.385. The Kier molecular flexibility index (Phi) is 6.39. The third-order valence-corrected chi connectivity index (χ3v) is 3.82. The molecule has 1 aliphatic heterocycles. The van der Waals surface area contributed by atoms with Crippen LogP contribution in [0.4, 0.5) is 5.69 Å². The minimum Gasteiger partial charge on any atom is -0.337 e. The van der Waals surface area contributed by atoms with Gasteiger partial charge < -0.3 is 10.2 Å². The van der Waals surface area contributed by atoms with Gasteiger partial charge >= 0.3 is 5.69 Å². The Morgan fingerprint density at radius 3 is 2.86 bits per heavy atom. The van der Waals surface area contributed by atoms with Gasteiger partial charge in [0.05, 0.1) is 4.92 Å². The smallest absolute Gasteiger partial charge is 0.300 e. The minimum atomic E-state index is -0.602. The van der Waals surface area contributed by atoms with Gasteiger partial charge in [0.2, 0.25) is 0 Å². The number of carbonyl (C=O) groups excluding carboxylic acids is 1. The maximum atomic E-state index is 12.5. The molecule has 1 heterocycles. The number of amides is 1. The average Bonchev–Trinajstić information content (AvgIpc) is 2.45. The molecule has 0 spiro atoms. The van der Waals surface area contributed by atoms with Crippen molar-refractivity contribution in [1.82, 2.24) is 10.2 Å². The molecule has 0 radical (unpaired) electrons. The lowest BCUT2D eigenvalue weighted by Crippen LogP contribution is -2.47. The zero-order valence-electron chi connectivity index (χ0n) is 11.5. The second-order valence-corrected chi connectivity index (χ2v) is 5.18. The van der Waals surface area contributed by atoms with Crippen LogP contribution in [0.15, 0.2) is 18.2 Å². The highest BCUT2D eigenvalue weighted by atomic mass is 35.5. The van der Waals surface area contributed by atoms with E-state index in [1.807, 2.05) is 7.05 Å². The van der Waals surface area contributed by atoms with Gasteiger partial charge in [-0.05, 0) is 32.0 Å². The van der Waals surface area contributed by atoms with E-state index in [4.69, 9.17) is 11.6 Å². The number of nitrogens with one attached hydrogen (secondary N) is 1. The molecule has 0 aromatic heterocycles. The first-order valence-electron chi connectivity index (χ1n) is 6.44. The van der Waals surface area contributed by atoms with Gasteiger partial charge in [0.25, 0.3) is 5.91 Å². The fraction of sp³-hybridized carbons (Fsp3) is 0.462. The van der Waals surface area contributed by atoms with Crippen LogP contribution in [0.3, 0.4) is 0 Å². The number of likely N-dealkylation sites (N-methyl/N-ethyl adjacent to an activating group) is 1. The Balaban J connectivity index is 0.00000220. The first kappa shape index (κ1) is 17.7. The van der Waals surface area contributed by atoms with Crippen LogP contribution in [0.2, 0.25) is 5.02 Å². The van der Waals surface area contributed by atoms with Gasteiger partial charge in [0, 0.05) is 19.1 Å². The highest BCUT2D eigenvalue weighted by molar-refractivity contribution is 6.33. The Morgan fingerprint density at radius 2 is 2.24 bits per heavy atom. The number of nitro benzene ring substituents is 1. The van der Waals surface area contributed by atoms with Crippen molar-refractivity contribution in [1.29, 1.82) is 0 Å². The third kappa shape index (κ3) is 3.84. The number of rotatable bonds is 3. The molecule has 2 rings (SSSR count). The summed E-state index contributed by atoms with van der Waals surface area (Å²) in [5, 5.41) is 14.2. The summed E-state index contributed by atoms with van der Waals surface area (Å²) < 4.78 is 0. The predicted molar refractivity (Wildman–Crippen MR) is 83.3 cm³/mol. The minimum absolute atomic E-state index is 0. The normalized spacial score (nSPS) is 18.0. The van der Waals surface area contributed by atoms with Gasteiger partial charge in [-0.2, -0.15) is 0 Å². The van der Waals surface area contributed by atoms with E-state index in [1.165, 1.54) is 12.1 Å². The SMILES string of the molecule is CNC1CCCN(C(=O)c2cccc(Cl)c2[N+](=O)[O-])C1.Cl. The maximum absolute atomic E-state index is 12.5. The molecule has 6 nitrogen and oxygen atoms in total. The van der Waals surface area contributed by atoms with Crippen molar-refractivity contribution in [3.63, 3.8) is 0 Å². The number of para-hydroxylation sites is 1. The molecule has 1 aliphatic rings. The summed E-state index contributed by atoms with van der Waals surface area (Å²) >= 11 is 5.84. The molecule has 1 unspecified atom stereocenters. The summed E-state index contributed by atoms with van der Waals surface area (Å²) in [4.78, 5) is 24.6. The van der Waals surface area contributed by atoms with Crippen LogP contribution < -0.4 is 5.32 Å². The van der Waals surface area contributed by atoms with E-state index in [0.29, 0.717) is 13.1 Å². The molecule has 1 fully saturated rings. The molecule has 0 bridgehead atoms. The molecule has 0 aliphatic carbocycles. The second kappa shape index (κ2) is 7.59. The van der Waals surface area contributed by atoms with Crippen molar-refractivity contribution in [2.75, 3.05) is 20.1 Å². The van der Waals surface area contributed by atoms with E-state index in [9.17, 15) is 14.9 Å². The fourth-order valence-corrected chi connectivity index (χ4v) is 2.68. The van der Waals surface area contributed by atoms with E-state index < -0.39 is 4.92 Å². The number of piperidine rings is 1. The first-order valence-corrected chi connectivity index (χ1v) is 6.82. The molecule has 116 valence electrons. The van der Waals surface area contributed by atoms with Crippen molar-refractivity contribution in [2.45, 2.75) is 18.9 Å².